The fraction of sp³-hybridized carbons (Fsp3) is 0.346. The van der Waals surface area contributed by atoms with E-state index in [9.17, 15) is 14.4 Å². The van der Waals surface area contributed by atoms with Crippen LogP contribution in [0.4, 0.5) is 0 Å². The first-order chi connectivity index (χ1) is 16.9. The van der Waals surface area contributed by atoms with E-state index in [1.807, 2.05) is 36.4 Å². The van der Waals surface area contributed by atoms with Crippen LogP contribution in [0.15, 0.2) is 61.2 Å². The number of esters is 1. The summed E-state index contributed by atoms with van der Waals surface area (Å²) in [4.78, 5) is 33.4. The number of aliphatic carboxylic acids is 2. The highest BCUT2D eigenvalue weighted by atomic mass is 16.7. The molecular formula is C26H28O9. The SMILES string of the molecule is C=CC(=O)OCCCCCCOc1ccc(-c2ccc(C3O[C@H](C(=O)O)[C@@H](C(=O)O)O3)cc2)cc1. The Kier molecular flexibility index (Phi) is 9.39. The van der Waals surface area contributed by atoms with Crippen LogP contribution in [-0.4, -0.2) is 53.5 Å². The Balaban J connectivity index is 1.44. The second kappa shape index (κ2) is 12.7. The highest BCUT2D eigenvalue weighted by Crippen LogP contribution is 2.33. The molecule has 3 rings (SSSR count). The van der Waals surface area contributed by atoms with Crippen LogP contribution in [0.25, 0.3) is 11.1 Å². The van der Waals surface area contributed by atoms with Crippen LogP contribution in [0, 0.1) is 0 Å². The van der Waals surface area contributed by atoms with Crippen LogP contribution in [0.1, 0.15) is 37.5 Å². The minimum absolute atomic E-state index is 0.396. The monoisotopic (exact) mass is 484 g/mol. The van der Waals surface area contributed by atoms with Gasteiger partial charge in [-0.3, -0.25) is 0 Å². The lowest BCUT2D eigenvalue weighted by Gasteiger charge is -2.11. The van der Waals surface area contributed by atoms with Gasteiger partial charge in [-0.2, -0.15) is 0 Å². The normalized spacial score (nSPS) is 17.6. The minimum Gasteiger partial charge on any atom is -0.494 e. The molecule has 1 saturated heterocycles. The Labute approximate surface area is 202 Å². The average molecular weight is 485 g/mol. The van der Waals surface area contributed by atoms with E-state index in [2.05, 4.69) is 6.58 Å². The van der Waals surface area contributed by atoms with Gasteiger partial charge in [0, 0.05) is 11.6 Å². The van der Waals surface area contributed by atoms with Crippen molar-refractivity contribution in [3.05, 3.63) is 66.7 Å². The van der Waals surface area contributed by atoms with Crippen molar-refractivity contribution in [1.82, 2.24) is 0 Å². The molecule has 1 fully saturated rings. The molecule has 0 radical (unpaired) electrons. The van der Waals surface area contributed by atoms with E-state index in [1.54, 1.807) is 12.1 Å². The fourth-order valence-corrected chi connectivity index (χ4v) is 3.53. The zero-order chi connectivity index (χ0) is 25.2. The Morgan fingerprint density at radius 3 is 1.83 bits per heavy atom. The molecule has 0 spiro atoms. The first-order valence-corrected chi connectivity index (χ1v) is 11.3. The molecule has 186 valence electrons. The summed E-state index contributed by atoms with van der Waals surface area (Å²) in [6, 6.07) is 14.7. The van der Waals surface area contributed by atoms with Gasteiger partial charge < -0.3 is 29.2 Å². The number of carbonyl (C=O) groups excluding carboxylic acids is 1. The van der Waals surface area contributed by atoms with Gasteiger partial charge in [-0.15, -0.1) is 0 Å². The number of hydrogen-bond donors (Lipinski definition) is 2. The van der Waals surface area contributed by atoms with Gasteiger partial charge in [-0.1, -0.05) is 43.0 Å². The second-order valence-electron chi connectivity index (χ2n) is 7.90. The summed E-state index contributed by atoms with van der Waals surface area (Å²) >= 11 is 0. The molecule has 35 heavy (non-hydrogen) atoms. The van der Waals surface area contributed by atoms with E-state index in [0.29, 0.717) is 18.8 Å². The first kappa shape index (κ1) is 25.9. The fourth-order valence-electron chi connectivity index (χ4n) is 3.53. The first-order valence-electron chi connectivity index (χ1n) is 11.3. The Hall–Kier alpha value is -3.69. The van der Waals surface area contributed by atoms with Crippen molar-refractivity contribution >= 4 is 17.9 Å². The highest BCUT2D eigenvalue weighted by Gasteiger charge is 2.46. The smallest absolute Gasteiger partial charge is 0.336 e. The Morgan fingerprint density at radius 2 is 1.31 bits per heavy atom. The molecule has 0 aromatic heterocycles. The number of hydrogen-bond acceptors (Lipinski definition) is 7. The van der Waals surface area contributed by atoms with E-state index in [4.69, 9.17) is 29.2 Å². The Morgan fingerprint density at radius 1 is 0.800 bits per heavy atom. The third-order valence-corrected chi connectivity index (χ3v) is 5.39. The third-order valence-electron chi connectivity index (χ3n) is 5.39. The van der Waals surface area contributed by atoms with Crippen molar-refractivity contribution in [2.24, 2.45) is 0 Å². The molecule has 0 aliphatic carbocycles. The molecule has 2 atom stereocenters. The molecule has 0 unspecified atom stereocenters. The summed E-state index contributed by atoms with van der Waals surface area (Å²) in [5.41, 5.74) is 2.40. The predicted octanol–water partition coefficient (Wildman–Crippen LogP) is 3.97. The maximum Gasteiger partial charge on any atom is 0.336 e. The van der Waals surface area contributed by atoms with Crippen molar-refractivity contribution in [3.63, 3.8) is 0 Å². The van der Waals surface area contributed by atoms with Gasteiger partial charge in [0.25, 0.3) is 0 Å². The molecule has 2 aromatic carbocycles. The van der Waals surface area contributed by atoms with E-state index in [1.165, 1.54) is 0 Å². The standard InChI is InChI=1S/C26H28O9/c1-2-21(27)33-16-6-4-3-5-15-32-20-13-11-18(12-14-20)17-7-9-19(10-8-17)26-34-22(24(28)29)23(35-26)25(30)31/h2,7-14,22-23,26H,1,3-6,15-16H2,(H,28,29)(H,30,31)/t22-,23-/m0/s1. The van der Waals surface area contributed by atoms with E-state index < -0.39 is 36.4 Å². The van der Waals surface area contributed by atoms with E-state index in [-0.39, 0.29) is 0 Å². The lowest BCUT2D eigenvalue weighted by atomic mass is 10.0. The molecule has 2 N–H and O–H groups in total. The number of carboxylic acids is 2. The van der Waals surface area contributed by atoms with Gasteiger partial charge in [-0.05, 0) is 48.9 Å². The molecule has 1 aliphatic rings. The van der Waals surface area contributed by atoms with Gasteiger partial charge in [0.1, 0.15) is 5.75 Å². The number of carbonyl (C=O) groups is 3. The molecule has 9 nitrogen and oxygen atoms in total. The average Bonchev–Trinajstić information content (AvgIpc) is 3.32. The largest absolute Gasteiger partial charge is 0.494 e. The maximum absolute atomic E-state index is 11.2. The number of ether oxygens (including phenoxy) is 4. The summed E-state index contributed by atoms with van der Waals surface area (Å²) in [7, 11) is 0. The molecule has 0 saturated carbocycles. The third kappa shape index (κ3) is 7.40. The minimum atomic E-state index is -1.56. The van der Waals surface area contributed by atoms with Crippen molar-refractivity contribution in [3.8, 4) is 16.9 Å². The number of benzene rings is 2. The van der Waals surface area contributed by atoms with Gasteiger partial charge >= 0.3 is 17.9 Å². The highest BCUT2D eigenvalue weighted by molar-refractivity contribution is 5.84. The van der Waals surface area contributed by atoms with Crippen LogP contribution in [0.3, 0.4) is 0 Å². The topological polar surface area (TPSA) is 129 Å². The van der Waals surface area contributed by atoms with Gasteiger partial charge in [0.05, 0.1) is 13.2 Å². The molecule has 0 amide bonds. The number of rotatable bonds is 13. The predicted molar refractivity (Wildman–Crippen MR) is 125 cm³/mol. The molecule has 0 bridgehead atoms. The summed E-state index contributed by atoms with van der Waals surface area (Å²) < 4.78 is 21.3. The van der Waals surface area contributed by atoms with Gasteiger partial charge in [0.15, 0.2) is 18.5 Å². The quantitative estimate of drug-likeness (QED) is 0.246. The number of carboxylic acid groups (broad SMARTS) is 2. The van der Waals surface area contributed by atoms with Gasteiger partial charge in [-0.25, -0.2) is 14.4 Å². The number of unbranched alkanes of at least 4 members (excludes halogenated alkanes) is 3. The summed E-state index contributed by atoms with van der Waals surface area (Å²) in [6.45, 7) is 4.35. The molecule has 1 heterocycles. The lowest BCUT2D eigenvalue weighted by Crippen LogP contribution is -2.36. The van der Waals surface area contributed by atoms with Crippen LogP contribution in [0.2, 0.25) is 0 Å². The molecule has 2 aromatic rings. The van der Waals surface area contributed by atoms with Crippen LogP contribution in [0.5, 0.6) is 5.75 Å². The summed E-state index contributed by atoms with van der Waals surface area (Å²) in [5.74, 6) is -2.40. The van der Waals surface area contributed by atoms with Gasteiger partial charge in [0.2, 0.25) is 0 Å². The molecular weight excluding hydrogens is 456 g/mol. The van der Waals surface area contributed by atoms with Crippen LogP contribution < -0.4 is 4.74 Å². The van der Waals surface area contributed by atoms with Crippen molar-refractivity contribution in [1.29, 1.82) is 0 Å². The van der Waals surface area contributed by atoms with Crippen LogP contribution >= 0.6 is 0 Å². The van der Waals surface area contributed by atoms with Crippen LogP contribution in [-0.2, 0) is 28.6 Å². The molecule has 1 aliphatic heterocycles. The van der Waals surface area contributed by atoms with Crippen molar-refractivity contribution in [2.45, 2.75) is 44.2 Å². The maximum atomic E-state index is 11.2. The summed E-state index contributed by atoms with van der Waals surface area (Å²) in [5, 5.41) is 18.3. The van der Waals surface area contributed by atoms with E-state index in [0.717, 1.165) is 48.6 Å². The molecule has 9 heteroatoms. The van der Waals surface area contributed by atoms with Crippen molar-refractivity contribution in [2.75, 3.05) is 13.2 Å². The second-order valence-corrected chi connectivity index (χ2v) is 7.90. The summed E-state index contributed by atoms with van der Waals surface area (Å²) in [6.07, 6.45) is 0.604. The Bertz CT molecular complexity index is 992. The zero-order valence-electron chi connectivity index (χ0n) is 19.1. The van der Waals surface area contributed by atoms with E-state index >= 15 is 0 Å². The lowest BCUT2D eigenvalue weighted by molar-refractivity contribution is -0.156. The zero-order valence-corrected chi connectivity index (χ0v) is 19.1. The van der Waals surface area contributed by atoms with Crippen molar-refractivity contribution < 1.29 is 43.5 Å².